The summed E-state index contributed by atoms with van der Waals surface area (Å²) < 4.78 is 26.6. The van der Waals surface area contributed by atoms with Crippen LogP contribution < -0.4 is 9.47 Å². The van der Waals surface area contributed by atoms with Gasteiger partial charge in [0.2, 0.25) is 5.78 Å². The van der Waals surface area contributed by atoms with Crippen LogP contribution in [0.15, 0.2) is 52.7 Å². The van der Waals surface area contributed by atoms with Gasteiger partial charge in [-0.2, -0.15) is 0 Å². The zero-order valence-electron chi connectivity index (χ0n) is 29.3. The molecule has 256 valence electrons. The van der Waals surface area contributed by atoms with Crippen LogP contribution in [-0.4, -0.2) is 62.9 Å². The van der Waals surface area contributed by atoms with E-state index in [0.717, 1.165) is 12.0 Å². The summed E-state index contributed by atoms with van der Waals surface area (Å²) in [5.41, 5.74) is -3.15. The number of aliphatic carboxylic acids is 1. The molecule has 0 radical (unpaired) electrons. The van der Waals surface area contributed by atoms with Gasteiger partial charge < -0.3 is 29.2 Å². The van der Waals surface area contributed by atoms with E-state index in [9.17, 15) is 24.6 Å². The van der Waals surface area contributed by atoms with E-state index in [-0.39, 0.29) is 41.1 Å². The molecule has 1 spiro atoms. The first-order valence-corrected chi connectivity index (χ1v) is 16.6. The minimum absolute atomic E-state index is 0.0000390. The molecule has 2 fully saturated rings. The number of fused-ring (bicyclic) bond motifs is 2. The summed E-state index contributed by atoms with van der Waals surface area (Å²) >= 11 is 0. The summed E-state index contributed by atoms with van der Waals surface area (Å²) in [4.78, 5) is 41.5. The molecular formula is C39H46O9. The molecule has 48 heavy (non-hydrogen) atoms. The van der Waals surface area contributed by atoms with Gasteiger partial charge in [0.15, 0.2) is 17.0 Å². The van der Waals surface area contributed by atoms with E-state index >= 15 is 0 Å². The average Bonchev–Trinajstić information content (AvgIpc) is 3.16. The van der Waals surface area contributed by atoms with E-state index in [1.165, 1.54) is 25.7 Å². The summed E-state index contributed by atoms with van der Waals surface area (Å²) in [5, 5.41) is 21.6. The van der Waals surface area contributed by atoms with Gasteiger partial charge in [0, 0.05) is 36.2 Å². The summed E-state index contributed by atoms with van der Waals surface area (Å²) in [6.07, 6.45) is 12.8. The molecule has 2 N–H and O–H groups in total. The van der Waals surface area contributed by atoms with Gasteiger partial charge in [0.05, 0.1) is 11.2 Å². The number of methoxy groups -OCH3 is 1. The molecule has 3 aliphatic carbocycles. The molecule has 6 aliphatic rings. The fourth-order valence-corrected chi connectivity index (χ4v) is 8.38. The predicted octanol–water partition coefficient (Wildman–Crippen LogP) is 7.01. The second-order valence-electron chi connectivity index (χ2n) is 15.2. The van der Waals surface area contributed by atoms with Gasteiger partial charge in [0.25, 0.3) is 0 Å². The van der Waals surface area contributed by atoms with Crippen molar-refractivity contribution in [2.75, 3.05) is 7.11 Å². The number of carbonyl (C=O) groups excluding carboxylic acids is 2. The number of ether oxygens (including phenoxy) is 4. The van der Waals surface area contributed by atoms with Crippen LogP contribution in [0.25, 0.3) is 6.08 Å². The Labute approximate surface area is 282 Å². The molecule has 4 bridgehead atoms. The van der Waals surface area contributed by atoms with Crippen LogP contribution in [0.1, 0.15) is 103 Å². The highest BCUT2D eigenvalue weighted by Gasteiger charge is 2.84. The zero-order valence-corrected chi connectivity index (χ0v) is 29.3. The third-order valence-electron chi connectivity index (χ3n) is 10.9. The van der Waals surface area contributed by atoms with Crippen LogP contribution in [0, 0.1) is 5.92 Å². The Kier molecular flexibility index (Phi) is 7.80. The van der Waals surface area contributed by atoms with E-state index < -0.39 is 51.5 Å². The van der Waals surface area contributed by atoms with Crippen molar-refractivity contribution < 1.29 is 43.5 Å². The molecule has 0 aromatic heterocycles. The maximum Gasteiger partial charge on any atom is 0.330 e. The molecule has 3 aliphatic heterocycles. The van der Waals surface area contributed by atoms with E-state index in [2.05, 4.69) is 19.9 Å². The summed E-state index contributed by atoms with van der Waals surface area (Å²) in [5.74, 6) is -2.25. The van der Waals surface area contributed by atoms with Gasteiger partial charge in [-0.1, -0.05) is 29.4 Å². The monoisotopic (exact) mass is 658 g/mol. The smallest absolute Gasteiger partial charge is 0.330 e. The van der Waals surface area contributed by atoms with Gasteiger partial charge in [-0.25, -0.2) is 4.79 Å². The first-order valence-electron chi connectivity index (χ1n) is 16.6. The fourth-order valence-electron chi connectivity index (χ4n) is 8.38. The molecule has 9 nitrogen and oxygen atoms in total. The molecule has 1 saturated heterocycles. The van der Waals surface area contributed by atoms with Gasteiger partial charge >= 0.3 is 5.97 Å². The van der Waals surface area contributed by atoms with Crippen molar-refractivity contribution in [3.8, 4) is 17.2 Å². The number of carboxylic acid groups (broad SMARTS) is 1. The largest absolute Gasteiger partial charge is 0.506 e. The van der Waals surface area contributed by atoms with Crippen molar-refractivity contribution in [2.45, 2.75) is 115 Å². The Morgan fingerprint density at radius 1 is 1.02 bits per heavy atom. The average molecular weight is 659 g/mol. The van der Waals surface area contributed by atoms with E-state index in [1.54, 1.807) is 6.08 Å². The number of benzene rings is 1. The minimum Gasteiger partial charge on any atom is -0.506 e. The van der Waals surface area contributed by atoms with Crippen LogP contribution >= 0.6 is 0 Å². The normalized spacial score (nSPS) is 32.0. The molecule has 3 heterocycles. The van der Waals surface area contributed by atoms with Gasteiger partial charge in [0.1, 0.15) is 34.0 Å². The van der Waals surface area contributed by atoms with Crippen LogP contribution in [0.3, 0.4) is 0 Å². The maximum atomic E-state index is 14.9. The van der Waals surface area contributed by atoms with Crippen LogP contribution in [0.2, 0.25) is 0 Å². The first kappa shape index (κ1) is 33.9. The summed E-state index contributed by atoms with van der Waals surface area (Å²) in [6.45, 7) is 15.2. The quantitative estimate of drug-likeness (QED) is 0.213. The third kappa shape index (κ3) is 4.60. The molecule has 7 rings (SSSR count). The van der Waals surface area contributed by atoms with Crippen LogP contribution in [0.4, 0.5) is 0 Å². The van der Waals surface area contributed by atoms with Gasteiger partial charge in [-0.15, -0.1) is 0 Å². The lowest BCUT2D eigenvalue weighted by Gasteiger charge is -2.59. The number of hydrogen-bond donors (Lipinski definition) is 2. The van der Waals surface area contributed by atoms with Crippen LogP contribution in [0.5, 0.6) is 17.2 Å². The number of allylic oxidation sites excluding steroid dienone is 4. The lowest BCUT2D eigenvalue weighted by molar-refractivity contribution is -0.190. The molecule has 1 saturated carbocycles. The summed E-state index contributed by atoms with van der Waals surface area (Å²) in [6, 6.07) is 0. The number of phenols is 1. The number of phenolic OH excluding ortho intramolecular Hbond substituents is 1. The lowest BCUT2D eigenvalue weighted by atomic mass is 9.49. The highest BCUT2D eigenvalue weighted by Crippen LogP contribution is 2.70. The number of carbonyl (C=O) groups is 3. The van der Waals surface area contributed by atoms with Crippen molar-refractivity contribution in [1.29, 1.82) is 0 Å². The zero-order chi connectivity index (χ0) is 35.2. The van der Waals surface area contributed by atoms with Crippen LogP contribution in [-0.2, 0) is 25.5 Å². The Morgan fingerprint density at radius 2 is 1.71 bits per heavy atom. The predicted molar refractivity (Wildman–Crippen MR) is 181 cm³/mol. The molecule has 5 atom stereocenters. The Bertz CT molecular complexity index is 1800. The Hall–Kier alpha value is -3.95. The summed E-state index contributed by atoms with van der Waals surface area (Å²) in [7, 11) is 1.43. The SMILES string of the molecule is COC12C=C3C(=O)c4c(O)c5c(c(CC=C(C)C)c4OC34C(C1)C(C)(C)OC4(CC=C(C)C(=O)O)C2=O)OC(C)(CCC=C(C)C)C=C5. The number of Topliss-reactive ketones (excluding diaryl/α,β-unsaturated/α-hetero) is 2. The molecule has 0 amide bonds. The molecule has 1 aromatic rings. The second-order valence-corrected chi connectivity index (χ2v) is 15.2. The topological polar surface area (TPSA) is 129 Å². The number of ketones is 2. The van der Waals surface area contributed by atoms with Crippen molar-refractivity contribution in [2.24, 2.45) is 5.92 Å². The highest BCUT2D eigenvalue weighted by molar-refractivity contribution is 6.20. The number of carboxylic acids is 1. The second kappa shape index (κ2) is 11.0. The molecular weight excluding hydrogens is 612 g/mol. The minimum atomic E-state index is -1.79. The Morgan fingerprint density at radius 3 is 2.33 bits per heavy atom. The Balaban J connectivity index is 1.63. The van der Waals surface area contributed by atoms with Crippen molar-refractivity contribution in [3.63, 3.8) is 0 Å². The molecule has 5 unspecified atom stereocenters. The van der Waals surface area contributed by atoms with Crippen molar-refractivity contribution >= 4 is 23.6 Å². The van der Waals surface area contributed by atoms with Gasteiger partial charge in [-0.05, 0) is 99.3 Å². The number of hydrogen-bond acceptors (Lipinski definition) is 8. The first-order chi connectivity index (χ1) is 22.4. The molecule has 1 aromatic carbocycles. The van der Waals surface area contributed by atoms with Gasteiger partial charge in [-0.3, -0.25) is 9.59 Å². The third-order valence-corrected chi connectivity index (χ3v) is 10.9. The van der Waals surface area contributed by atoms with E-state index in [1.807, 2.05) is 52.8 Å². The van der Waals surface area contributed by atoms with E-state index in [0.29, 0.717) is 29.7 Å². The highest BCUT2D eigenvalue weighted by atomic mass is 16.6. The van der Waals surface area contributed by atoms with Crippen molar-refractivity contribution in [3.05, 3.63) is 69.4 Å². The number of aromatic hydroxyl groups is 1. The van der Waals surface area contributed by atoms with Crippen molar-refractivity contribution in [1.82, 2.24) is 0 Å². The number of rotatable bonds is 9. The molecule has 9 heteroatoms. The van der Waals surface area contributed by atoms with E-state index in [4.69, 9.17) is 18.9 Å². The standard InChI is InChI=1S/C39H46O9/c1-21(2)11-10-16-36(8)17-15-24-29(40)28-30(41)26-19-37(45-9)20-27-35(6,7)48-38(34(37)44,18-14-23(5)33(42)43)39(26,27)47-32(28)25(31(24)46-36)13-12-22(3)4/h11-12,14-15,17,19,27,40H,10,13,16,18,20H2,1-9H3,(H,42,43). The maximum absolute atomic E-state index is 14.9. The fraction of sp³-hybridized carbons (Fsp3) is 0.513. The lowest BCUT2D eigenvalue weighted by Crippen LogP contribution is -2.77.